The minimum absolute atomic E-state index is 0.732. The van der Waals surface area contributed by atoms with Gasteiger partial charge in [-0.1, -0.05) is 17.8 Å². The molecule has 0 N–H and O–H groups in total. The lowest BCUT2D eigenvalue weighted by Gasteiger charge is -2.10. The Hall–Kier alpha value is -2.35. The molecule has 0 aliphatic rings. The molecule has 0 bridgehead atoms. The van der Waals surface area contributed by atoms with Crippen LogP contribution in [0.25, 0.3) is 5.69 Å². The van der Waals surface area contributed by atoms with E-state index in [1.165, 1.54) is 0 Å². The van der Waals surface area contributed by atoms with Crippen LogP contribution in [-0.4, -0.2) is 42.9 Å². The topological polar surface area (TPSA) is 70.7 Å². The van der Waals surface area contributed by atoms with Gasteiger partial charge in [-0.15, -0.1) is 5.10 Å². The van der Waals surface area contributed by atoms with Gasteiger partial charge in [0.15, 0.2) is 0 Å². The second-order valence-electron chi connectivity index (χ2n) is 4.67. The van der Waals surface area contributed by atoms with Crippen molar-refractivity contribution in [1.82, 2.24) is 30.0 Å². The van der Waals surface area contributed by atoms with Gasteiger partial charge in [0.2, 0.25) is 5.16 Å². The highest BCUT2D eigenvalue weighted by molar-refractivity contribution is 7.99. The monoisotopic (exact) mass is 316 g/mol. The maximum absolute atomic E-state index is 5.40. The van der Waals surface area contributed by atoms with E-state index < -0.39 is 0 Å². The predicted molar refractivity (Wildman–Crippen MR) is 83.4 cm³/mol. The fourth-order valence-corrected chi connectivity index (χ4v) is 2.86. The highest BCUT2D eigenvalue weighted by Crippen LogP contribution is 2.26. The molecule has 0 saturated heterocycles. The molecule has 0 unspecified atom stereocenters. The van der Waals surface area contributed by atoms with Gasteiger partial charge >= 0.3 is 0 Å². The van der Waals surface area contributed by atoms with Gasteiger partial charge < -0.3 is 4.74 Å². The van der Waals surface area contributed by atoms with Crippen LogP contribution in [0.3, 0.4) is 0 Å². The zero-order valence-corrected chi connectivity index (χ0v) is 13.2. The molecule has 22 heavy (non-hydrogen) atoms. The molecule has 0 radical (unpaired) electrons. The molecule has 114 valence electrons. The van der Waals surface area contributed by atoms with Crippen molar-refractivity contribution in [2.45, 2.75) is 18.6 Å². The smallest absolute Gasteiger partial charge is 0.214 e. The zero-order chi connectivity index (χ0) is 15.4. The van der Waals surface area contributed by atoms with Crippen LogP contribution < -0.4 is 4.74 Å². The SMILES string of the molecule is COc1ccc(C)cc1-n1nnnc1SCCn1cccn1. The first-order valence-electron chi connectivity index (χ1n) is 6.81. The minimum Gasteiger partial charge on any atom is -0.494 e. The van der Waals surface area contributed by atoms with Gasteiger partial charge in [0.25, 0.3) is 0 Å². The van der Waals surface area contributed by atoms with E-state index in [1.54, 1.807) is 29.8 Å². The largest absolute Gasteiger partial charge is 0.494 e. The van der Waals surface area contributed by atoms with Crippen molar-refractivity contribution in [1.29, 1.82) is 0 Å². The lowest BCUT2D eigenvalue weighted by Crippen LogP contribution is -2.04. The standard InChI is InChI=1S/C14H16N6OS/c1-11-4-5-13(21-2)12(10-11)20-14(16-17-18-20)22-9-8-19-7-3-6-15-19/h3-7,10H,8-9H2,1-2H3. The highest BCUT2D eigenvalue weighted by Gasteiger charge is 2.13. The molecular formula is C14H16N6OS. The van der Waals surface area contributed by atoms with E-state index in [2.05, 4.69) is 20.6 Å². The maximum atomic E-state index is 5.40. The summed E-state index contributed by atoms with van der Waals surface area (Å²) in [6, 6.07) is 7.83. The van der Waals surface area contributed by atoms with Gasteiger partial charge in [0.1, 0.15) is 11.4 Å². The summed E-state index contributed by atoms with van der Waals surface area (Å²) in [5, 5.41) is 16.9. The fraction of sp³-hybridized carbons (Fsp3) is 0.286. The minimum atomic E-state index is 0.732. The van der Waals surface area contributed by atoms with Crippen LogP contribution in [0.2, 0.25) is 0 Å². The molecule has 0 aliphatic heterocycles. The number of rotatable bonds is 6. The van der Waals surface area contributed by atoms with Crippen LogP contribution in [0.15, 0.2) is 41.8 Å². The molecule has 2 heterocycles. The number of benzene rings is 1. The van der Waals surface area contributed by atoms with E-state index >= 15 is 0 Å². The second-order valence-corrected chi connectivity index (χ2v) is 5.73. The summed E-state index contributed by atoms with van der Waals surface area (Å²) in [5.74, 6) is 1.57. The quantitative estimate of drug-likeness (QED) is 0.648. The molecule has 1 aromatic carbocycles. The molecule has 0 spiro atoms. The van der Waals surface area contributed by atoms with Gasteiger partial charge in [-0.3, -0.25) is 4.68 Å². The maximum Gasteiger partial charge on any atom is 0.214 e. The van der Waals surface area contributed by atoms with Crippen LogP contribution in [0.5, 0.6) is 5.75 Å². The lowest BCUT2D eigenvalue weighted by molar-refractivity contribution is 0.410. The van der Waals surface area contributed by atoms with Crippen molar-refractivity contribution in [3.05, 3.63) is 42.2 Å². The van der Waals surface area contributed by atoms with Crippen LogP contribution in [0.1, 0.15) is 5.56 Å². The van der Waals surface area contributed by atoms with E-state index in [0.717, 1.165) is 34.5 Å². The third-order valence-corrected chi connectivity index (χ3v) is 4.01. The van der Waals surface area contributed by atoms with E-state index in [4.69, 9.17) is 4.74 Å². The van der Waals surface area contributed by atoms with Crippen molar-refractivity contribution < 1.29 is 4.74 Å². The molecule has 0 amide bonds. The normalized spacial score (nSPS) is 10.8. The summed E-state index contributed by atoms with van der Waals surface area (Å²) in [6.07, 6.45) is 3.71. The van der Waals surface area contributed by atoms with Crippen molar-refractivity contribution in [3.63, 3.8) is 0 Å². The number of hydrogen-bond acceptors (Lipinski definition) is 6. The Morgan fingerprint density at radius 3 is 3.00 bits per heavy atom. The Labute approximate surface area is 132 Å². The van der Waals surface area contributed by atoms with Crippen molar-refractivity contribution >= 4 is 11.8 Å². The molecular weight excluding hydrogens is 300 g/mol. The first-order chi connectivity index (χ1) is 10.8. The van der Waals surface area contributed by atoms with E-state index in [0.29, 0.717) is 0 Å². The van der Waals surface area contributed by atoms with Crippen molar-refractivity contribution in [2.75, 3.05) is 12.9 Å². The van der Waals surface area contributed by atoms with Gasteiger partial charge in [0, 0.05) is 18.1 Å². The van der Waals surface area contributed by atoms with Crippen LogP contribution in [0, 0.1) is 6.92 Å². The molecule has 7 nitrogen and oxygen atoms in total. The Morgan fingerprint density at radius 1 is 1.32 bits per heavy atom. The number of aromatic nitrogens is 6. The number of hydrogen-bond donors (Lipinski definition) is 0. The Bertz CT molecular complexity index is 740. The van der Waals surface area contributed by atoms with Gasteiger partial charge in [-0.05, 0) is 41.1 Å². The molecule has 0 saturated carbocycles. The summed E-state index contributed by atoms with van der Waals surface area (Å²) >= 11 is 1.58. The number of aryl methyl sites for hydroxylation is 2. The molecule has 2 aromatic heterocycles. The number of ether oxygens (including phenoxy) is 1. The van der Waals surface area contributed by atoms with Crippen LogP contribution >= 0.6 is 11.8 Å². The van der Waals surface area contributed by atoms with E-state index in [-0.39, 0.29) is 0 Å². The Morgan fingerprint density at radius 2 is 2.23 bits per heavy atom. The number of tetrazole rings is 1. The first kappa shape index (κ1) is 14.6. The van der Waals surface area contributed by atoms with Crippen molar-refractivity contribution in [2.24, 2.45) is 0 Å². The molecule has 0 aliphatic carbocycles. The van der Waals surface area contributed by atoms with Gasteiger partial charge in [-0.2, -0.15) is 9.78 Å². The molecule has 8 heteroatoms. The summed E-state index contributed by atoms with van der Waals surface area (Å²) in [4.78, 5) is 0. The summed E-state index contributed by atoms with van der Waals surface area (Å²) < 4.78 is 8.99. The molecule has 0 fully saturated rings. The fourth-order valence-electron chi connectivity index (χ4n) is 2.05. The third-order valence-electron chi connectivity index (χ3n) is 3.11. The third kappa shape index (κ3) is 3.11. The summed E-state index contributed by atoms with van der Waals surface area (Å²) in [5.41, 5.74) is 1.97. The van der Waals surface area contributed by atoms with Gasteiger partial charge in [-0.25, -0.2) is 0 Å². The van der Waals surface area contributed by atoms with Crippen LogP contribution in [0.4, 0.5) is 0 Å². The van der Waals surface area contributed by atoms with Crippen LogP contribution in [-0.2, 0) is 6.54 Å². The summed E-state index contributed by atoms with van der Waals surface area (Å²) in [6.45, 7) is 2.83. The second kappa shape index (κ2) is 6.61. The van der Waals surface area contributed by atoms with E-state index in [1.807, 2.05) is 42.1 Å². The zero-order valence-electron chi connectivity index (χ0n) is 12.4. The number of nitrogens with zero attached hydrogens (tertiary/aromatic N) is 6. The Kier molecular flexibility index (Phi) is 4.38. The van der Waals surface area contributed by atoms with Crippen molar-refractivity contribution in [3.8, 4) is 11.4 Å². The first-order valence-corrected chi connectivity index (χ1v) is 7.80. The molecule has 3 rings (SSSR count). The summed E-state index contributed by atoms with van der Waals surface area (Å²) in [7, 11) is 1.64. The van der Waals surface area contributed by atoms with E-state index in [9.17, 15) is 0 Å². The number of thioether (sulfide) groups is 1. The number of methoxy groups -OCH3 is 1. The molecule has 3 aromatic rings. The average Bonchev–Trinajstić information content (AvgIpc) is 3.19. The lowest BCUT2D eigenvalue weighted by atomic mass is 10.2. The predicted octanol–water partition coefficient (Wildman–Crippen LogP) is 1.97. The Balaban J connectivity index is 1.78. The van der Waals surface area contributed by atoms with Gasteiger partial charge in [0.05, 0.1) is 13.7 Å². The highest BCUT2D eigenvalue weighted by atomic mass is 32.2. The average molecular weight is 316 g/mol. The molecule has 0 atom stereocenters.